The Bertz CT molecular complexity index is 382. The number of hydrogen-bond donors (Lipinski definition) is 1. The molecule has 1 unspecified atom stereocenters. The lowest BCUT2D eigenvalue weighted by Gasteiger charge is -2.31. The molecule has 1 aliphatic heterocycles. The second-order valence-corrected chi connectivity index (χ2v) is 4.49. The minimum atomic E-state index is 0.302. The van der Waals surface area contributed by atoms with Gasteiger partial charge in [-0.1, -0.05) is 0 Å². The number of rotatable bonds is 3. The predicted molar refractivity (Wildman–Crippen MR) is 68.1 cm³/mol. The van der Waals surface area contributed by atoms with Gasteiger partial charge in [-0.25, -0.2) is 0 Å². The first-order chi connectivity index (χ1) is 8.19. The summed E-state index contributed by atoms with van der Waals surface area (Å²) in [4.78, 5) is 2.37. The van der Waals surface area contributed by atoms with Crippen LogP contribution in [0.3, 0.4) is 0 Å². The van der Waals surface area contributed by atoms with Gasteiger partial charge in [0.15, 0.2) is 0 Å². The Hall–Kier alpha value is -1.26. The molecule has 4 heteroatoms. The van der Waals surface area contributed by atoms with E-state index in [1.807, 2.05) is 18.2 Å². The molecule has 17 heavy (non-hydrogen) atoms. The third-order valence-electron chi connectivity index (χ3n) is 3.02. The van der Waals surface area contributed by atoms with Crippen molar-refractivity contribution in [3.8, 4) is 5.75 Å². The molecule has 0 amide bonds. The number of nitrogen functional groups attached to an aromatic ring is 1. The molecular formula is C13H20N2O2. The van der Waals surface area contributed by atoms with Gasteiger partial charge in [-0.15, -0.1) is 0 Å². The van der Waals surface area contributed by atoms with E-state index < -0.39 is 0 Å². The van der Waals surface area contributed by atoms with Crippen molar-refractivity contribution in [3.63, 3.8) is 0 Å². The van der Waals surface area contributed by atoms with E-state index in [4.69, 9.17) is 15.2 Å². The van der Waals surface area contributed by atoms with E-state index in [0.29, 0.717) is 6.10 Å². The van der Waals surface area contributed by atoms with Crippen LogP contribution in [-0.4, -0.2) is 37.8 Å². The molecule has 1 atom stereocenters. The third-order valence-corrected chi connectivity index (χ3v) is 3.02. The molecule has 0 aromatic heterocycles. The third kappa shape index (κ3) is 3.11. The highest BCUT2D eigenvalue weighted by Gasteiger charge is 2.18. The molecule has 0 aliphatic carbocycles. The summed E-state index contributed by atoms with van der Waals surface area (Å²) in [5, 5.41) is 0. The SMILES string of the molecule is COc1ccc(N)cc1CN1CCOC(C)C1. The number of morpholine rings is 1. The Morgan fingerprint density at radius 1 is 1.53 bits per heavy atom. The zero-order valence-electron chi connectivity index (χ0n) is 10.5. The topological polar surface area (TPSA) is 47.7 Å². The fourth-order valence-corrected chi connectivity index (χ4v) is 2.20. The standard InChI is InChI=1S/C13H20N2O2/c1-10-8-15(5-6-17-10)9-11-7-12(14)3-4-13(11)16-2/h3-4,7,10H,5-6,8-9,14H2,1-2H3. The molecule has 2 N–H and O–H groups in total. The van der Waals surface area contributed by atoms with E-state index in [1.54, 1.807) is 7.11 Å². The molecule has 1 saturated heterocycles. The average Bonchev–Trinajstić information content (AvgIpc) is 2.29. The number of benzene rings is 1. The molecule has 1 aromatic carbocycles. The van der Waals surface area contributed by atoms with Crippen molar-refractivity contribution in [3.05, 3.63) is 23.8 Å². The highest BCUT2D eigenvalue weighted by Crippen LogP contribution is 2.23. The fraction of sp³-hybridized carbons (Fsp3) is 0.538. The van der Waals surface area contributed by atoms with Crippen LogP contribution in [0.15, 0.2) is 18.2 Å². The van der Waals surface area contributed by atoms with E-state index in [2.05, 4.69) is 11.8 Å². The maximum atomic E-state index is 5.82. The van der Waals surface area contributed by atoms with Crippen LogP contribution in [0, 0.1) is 0 Å². The van der Waals surface area contributed by atoms with E-state index in [-0.39, 0.29) is 0 Å². The minimum absolute atomic E-state index is 0.302. The number of hydrogen-bond acceptors (Lipinski definition) is 4. The highest BCUT2D eigenvalue weighted by molar-refractivity contribution is 5.47. The Morgan fingerprint density at radius 2 is 2.35 bits per heavy atom. The van der Waals surface area contributed by atoms with Gasteiger partial charge in [0.05, 0.1) is 19.8 Å². The van der Waals surface area contributed by atoms with Crippen LogP contribution >= 0.6 is 0 Å². The number of methoxy groups -OCH3 is 1. The van der Waals surface area contributed by atoms with Crippen LogP contribution in [-0.2, 0) is 11.3 Å². The molecule has 4 nitrogen and oxygen atoms in total. The zero-order chi connectivity index (χ0) is 12.3. The van der Waals surface area contributed by atoms with Gasteiger partial charge in [0.25, 0.3) is 0 Å². The summed E-state index contributed by atoms with van der Waals surface area (Å²) in [6.07, 6.45) is 0.302. The van der Waals surface area contributed by atoms with Gasteiger partial charge in [-0.05, 0) is 25.1 Å². The van der Waals surface area contributed by atoms with Crippen molar-refractivity contribution < 1.29 is 9.47 Å². The lowest BCUT2D eigenvalue weighted by atomic mass is 10.1. The van der Waals surface area contributed by atoms with Crippen LogP contribution in [0.2, 0.25) is 0 Å². The van der Waals surface area contributed by atoms with Crippen LogP contribution < -0.4 is 10.5 Å². The largest absolute Gasteiger partial charge is 0.496 e. The smallest absolute Gasteiger partial charge is 0.123 e. The number of anilines is 1. The van der Waals surface area contributed by atoms with E-state index in [0.717, 1.165) is 43.2 Å². The summed E-state index contributed by atoms with van der Waals surface area (Å²) < 4.78 is 10.9. The van der Waals surface area contributed by atoms with Gasteiger partial charge >= 0.3 is 0 Å². The second-order valence-electron chi connectivity index (χ2n) is 4.49. The fourth-order valence-electron chi connectivity index (χ4n) is 2.20. The van der Waals surface area contributed by atoms with E-state index in [1.165, 1.54) is 0 Å². The molecule has 1 aromatic rings. The van der Waals surface area contributed by atoms with Gasteiger partial charge in [-0.2, -0.15) is 0 Å². The monoisotopic (exact) mass is 236 g/mol. The summed E-state index contributed by atoms with van der Waals surface area (Å²) in [5.41, 5.74) is 7.74. The average molecular weight is 236 g/mol. The summed E-state index contributed by atoms with van der Waals surface area (Å²) in [7, 11) is 1.69. The van der Waals surface area contributed by atoms with Crippen LogP contribution in [0.1, 0.15) is 12.5 Å². The Labute approximate surface area is 102 Å². The molecule has 94 valence electrons. The molecule has 1 fully saturated rings. The highest BCUT2D eigenvalue weighted by atomic mass is 16.5. The van der Waals surface area contributed by atoms with Gasteiger partial charge in [0.2, 0.25) is 0 Å². The quantitative estimate of drug-likeness (QED) is 0.808. The van der Waals surface area contributed by atoms with Crippen LogP contribution in [0.4, 0.5) is 5.69 Å². The molecule has 2 rings (SSSR count). The Morgan fingerprint density at radius 3 is 3.06 bits per heavy atom. The van der Waals surface area contributed by atoms with Crippen LogP contribution in [0.5, 0.6) is 5.75 Å². The van der Waals surface area contributed by atoms with E-state index in [9.17, 15) is 0 Å². The molecule has 0 spiro atoms. The number of nitrogens with zero attached hydrogens (tertiary/aromatic N) is 1. The summed E-state index contributed by atoms with van der Waals surface area (Å²) in [6.45, 7) is 5.68. The summed E-state index contributed by atoms with van der Waals surface area (Å²) >= 11 is 0. The van der Waals surface area contributed by atoms with Gasteiger partial charge in [-0.3, -0.25) is 4.90 Å². The first-order valence-corrected chi connectivity index (χ1v) is 5.95. The Kier molecular flexibility index (Phi) is 3.86. The van der Waals surface area contributed by atoms with Gasteiger partial charge in [0.1, 0.15) is 5.75 Å². The van der Waals surface area contributed by atoms with Crippen molar-refractivity contribution in [2.45, 2.75) is 19.6 Å². The van der Waals surface area contributed by atoms with Gasteiger partial charge < -0.3 is 15.2 Å². The number of nitrogens with two attached hydrogens (primary N) is 1. The molecule has 0 bridgehead atoms. The Balaban J connectivity index is 2.08. The maximum Gasteiger partial charge on any atom is 0.123 e. The molecule has 0 saturated carbocycles. The first-order valence-electron chi connectivity index (χ1n) is 5.95. The first kappa shape index (κ1) is 12.2. The van der Waals surface area contributed by atoms with Crippen molar-refractivity contribution in [2.24, 2.45) is 0 Å². The zero-order valence-corrected chi connectivity index (χ0v) is 10.5. The molecule has 0 radical (unpaired) electrons. The molecule has 1 aliphatic rings. The van der Waals surface area contributed by atoms with Crippen molar-refractivity contribution in [2.75, 3.05) is 32.5 Å². The summed E-state index contributed by atoms with van der Waals surface area (Å²) in [5.74, 6) is 0.901. The van der Waals surface area contributed by atoms with E-state index >= 15 is 0 Å². The maximum absolute atomic E-state index is 5.82. The van der Waals surface area contributed by atoms with Gasteiger partial charge in [0, 0.05) is 30.9 Å². The van der Waals surface area contributed by atoms with Crippen molar-refractivity contribution in [1.29, 1.82) is 0 Å². The van der Waals surface area contributed by atoms with Crippen molar-refractivity contribution >= 4 is 5.69 Å². The minimum Gasteiger partial charge on any atom is -0.496 e. The second kappa shape index (κ2) is 5.38. The molecular weight excluding hydrogens is 216 g/mol. The molecule has 1 heterocycles. The normalized spacial score (nSPS) is 21.4. The predicted octanol–water partition coefficient (Wildman–Crippen LogP) is 1.50. The lowest BCUT2D eigenvalue weighted by Crippen LogP contribution is -2.40. The summed E-state index contributed by atoms with van der Waals surface area (Å²) in [6, 6.07) is 5.78. The lowest BCUT2D eigenvalue weighted by molar-refractivity contribution is -0.0213. The van der Waals surface area contributed by atoms with Crippen molar-refractivity contribution in [1.82, 2.24) is 4.90 Å². The van der Waals surface area contributed by atoms with Crippen LogP contribution in [0.25, 0.3) is 0 Å². The number of ether oxygens (including phenoxy) is 2.